The maximum absolute atomic E-state index is 11.4. The van der Waals surface area contributed by atoms with Crippen LogP contribution in [0.1, 0.15) is 47.2 Å². The van der Waals surface area contributed by atoms with Crippen LogP contribution in [0.3, 0.4) is 0 Å². The van der Waals surface area contributed by atoms with Crippen molar-refractivity contribution in [2.24, 2.45) is 5.41 Å². The summed E-state index contributed by atoms with van der Waals surface area (Å²) in [4.78, 5) is 16.1. The van der Waals surface area contributed by atoms with Gasteiger partial charge in [0.15, 0.2) is 0 Å². The summed E-state index contributed by atoms with van der Waals surface area (Å²) in [5.74, 6) is -0.401. The summed E-state index contributed by atoms with van der Waals surface area (Å²) in [6.45, 7) is 7.51. The van der Waals surface area contributed by atoms with Crippen LogP contribution in [-0.2, 0) is 4.74 Å². The average Bonchev–Trinajstić information content (AvgIpc) is 2.56. The normalized spacial score (nSPS) is 13.6. The molecule has 0 aliphatic carbocycles. The minimum Gasteiger partial charge on any atom is -0.465 e. The van der Waals surface area contributed by atoms with Crippen molar-refractivity contribution in [2.75, 3.05) is 7.11 Å². The predicted octanol–water partition coefficient (Wildman–Crippen LogP) is 2.32. The first kappa shape index (κ1) is 13.1. The predicted molar refractivity (Wildman–Crippen MR) is 62.6 cm³/mol. The summed E-state index contributed by atoms with van der Waals surface area (Å²) in [6, 6.07) is 0. The van der Waals surface area contributed by atoms with Gasteiger partial charge in [-0.2, -0.15) is 0 Å². The maximum Gasteiger partial charge on any atom is 0.349 e. The second kappa shape index (κ2) is 4.51. The molecule has 1 unspecified atom stereocenters. The number of thiazole rings is 1. The number of aliphatic hydroxyl groups is 1. The number of carbonyl (C=O) groups excluding carboxylic acids is 1. The van der Waals surface area contributed by atoms with Crippen molar-refractivity contribution in [3.8, 4) is 0 Å². The van der Waals surface area contributed by atoms with E-state index in [9.17, 15) is 9.90 Å². The Bertz CT molecular complexity index is 392. The summed E-state index contributed by atoms with van der Waals surface area (Å²) in [7, 11) is 1.33. The fraction of sp³-hybridized carbons (Fsp3) is 0.636. The van der Waals surface area contributed by atoms with Crippen LogP contribution in [-0.4, -0.2) is 23.2 Å². The molecular weight excluding hydrogens is 226 g/mol. The van der Waals surface area contributed by atoms with E-state index in [0.717, 1.165) is 0 Å². The highest BCUT2D eigenvalue weighted by atomic mass is 32.1. The van der Waals surface area contributed by atoms with E-state index in [2.05, 4.69) is 9.72 Å². The minimum atomic E-state index is -0.672. The molecule has 0 aliphatic heterocycles. The van der Waals surface area contributed by atoms with Gasteiger partial charge in [0.25, 0.3) is 0 Å². The van der Waals surface area contributed by atoms with Crippen LogP contribution in [0, 0.1) is 12.3 Å². The molecule has 16 heavy (non-hydrogen) atoms. The Hall–Kier alpha value is -0.940. The molecule has 0 saturated heterocycles. The van der Waals surface area contributed by atoms with Gasteiger partial charge in [-0.3, -0.25) is 0 Å². The first-order valence-electron chi connectivity index (χ1n) is 5.01. The molecular formula is C11H17NO3S. The number of carbonyl (C=O) groups is 1. The third-order valence-electron chi connectivity index (χ3n) is 2.24. The third-order valence-corrected chi connectivity index (χ3v) is 3.43. The standard InChI is InChI=1S/C11H17NO3S/c1-6-7(10(14)15-5)16-9(12-6)8(13)11(2,3)4/h8,13H,1-5H3. The summed E-state index contributed by atoms with van der Waals surface area (Å²) in [5, 5.41) is 10.6. The van der Waals surface area contributed by atoms with Crippen LogP contribution >= 0.6 is 11.3 Å². The van der Waals surface area contributed by atoms with Gasteiger partial charge in [-0.05, 0) is 12.3 Å². The molecule has 0 bridgehead atoms. The fourth-order valence-electron chi connectivity index (χ4n) is 1.19. The van der Waals surface area contributed by atoms with Crippen LogP contribution in [0.4, 0.5) is 0 Å². The van der Waals surface area contributed by atoms with Crippen molar-refractivity contribution in [3.63, 3.8) is 0 Å². The van der Waals surface area contributed by atoms with Gasteiger partial charge in [-0.1, -0.05) is 20.8 Å². The molecule has 1 N–H and O–H groups in total. The van der Waals surface area contributed by atoms with Crippen molar-refractivity contribution in [3.05, 3.63) is 15.6 Å². The van der Waals surface area contributed by atoms with Crippen LogP contribution < -0.4 is 0 Å². The molecule has 5 heteroatoms. The smallest absolute Gasteiger partial charge is 0.349 e. The highest BCUT2D eigenvalue weighted by molar-refractivity contribution is 7.13. The Labute approximate surface area is 99.3 Å². The molecule has 1 aromatic rings. The van der Waals surface area contributed by atoms with Gasteiger partial charge in [-0.25, -0.2) is 9.78 Å². The van der Waals surface area contributed by atoms with Gasteiger partial charge in [0, 0.05) is 0 Å². The number of aryl methyl sites for hydroxylation is 1. The summed E-state index contributed by atoms with van der Waals surface area (Å²) in [5.41, 5.74) is 0.313. The van der Waals surface area contributed by atoms with E-state index in [1.54, 1.807) is 6.92 Å². The minimum absolute atomic E-state index is 0.294. The Morgan fingerprint density at radius 3 is 2.50 bits per heavy atom. The van der Waals surface area contributed by atoms with Crippen LogP contribution in [0.2, 0.25) is 0 Å². The van der Waals surface area contributed by atoms with Gasteiger partial charge in [-0.15, -0.1) is 11.3 Å². The number of nitrogens with zero attached hydrogens (tertiary/aromatic N) is 1. The number of methoxy groups -OCH3 is 1. The SMILES string of the molecule is COC(=O)c1sc(C(O)C(C)(C)C)nc1C. The van der Waals surface area contributed by atoms with E-state index in [0.29, 0.717) is 15.6 Å². The molecule has 1 aromatic heterocycles. The van der Waals surface area contributed by atoms with E-state index in [1.165, 1.54) is 18.4 Å². The number of rotatable bonds is 2. The number of aromatic nitrogens is 1. The second-order valence-electron chi connectivity index (χ2n) is 4.73. The van der Waals surface area contributed by atoms with Crippen molar-refractivity contribution in [1.29, 1.82) is 0 Å². The fourth-order valence-corrected chi connectivity index (χ4v) is 2.40. The van der Waals surface area contributed by atoms with Gasteiger partial charge in [0.2, 0.25) is 0 Å². The third kappa shape index (κ3) is 2.59. The topological polar surface area (TPSA) is 59.4 Å². The van der Waals surface area contributed by atoms with E-state index >= 15 is 0 Å². The lowest BCUT2D eigenvalue weighted by Gasteiger charge is -2.23. The molecule has 1 heterocycles. The molecule has 90 valence electrons. The van der Waals surface area contributed by atoms with E-state index in [-0.39, 0.29) is 5.41 Å². The summed E-state index contributed by atoms with van der Waals surface area (Å²) in [6.07, 6.45) is -0.672. The monoisotopic (exact) mass is 243 g/mol. The van der Waals surface area contributed by atoms with Crippen molar-refractivity contribution in [1.82, 2.24) is 4.98 Å². The quantitative estimate of drug-likeness (QED) is 0.810. The molecule has 0 aromatic carbocycles. The summed E-state index contributed by atoms with van der Waals surface area (Å²) >= 11 is 1.19. The molecule has 0 aliphatic rings. The van der Waals surface area contributed by atoms with Crippen molar-refractivity contribution >= 4 is 17.3 Å². The molecule has 0 saturated carbocycles. The number of aliphatic hydroxyl groups excluding tert-OH is 1. The van der Waals surface area contributed by atoms with Crippen molar-refractivity contribution < 1.29 is 14.6 Å². The van der Waals surface area contributed by atoms with Crippen LogP contribution in [0.5, 0.6) is 0 Å². The second-order valence-corrected chi connectivity index (χ2v) is 5.76. The Morgan fingerprint density at radius 2 is 2.06 bits per heavy atom. The number of ether oxygens (including phenoxy) is 1. The van der Waals surface area contributed by atoms with Gasteiger partial charge < -0.3 is 9.84 Å². The Balaban J connectivity index is 3.06. The summed E-state index contributed by atoms with van der Waals surface area (Å²) < 4.78 is 4.65. The lowest BCUT2D eigenvalue weighted by Crippen LogP contribution is -2.17. The van der Waals surface area contributed by atoms with E-state index in [1.807, 2.05) is 20.8 Å². The lowest BCUT2D eigenvalue weighted by atomic mass is 9.90. The van der Waals surface area contributed by atoms with Crippen LogP contribution in [0.15, 0.2) is 0 Å². The lowest BCUT2D eigenvalue weighted by molar-refractivity contribution is 0.0605. The van der Waals surface area contributed by atoms with Crippen LogP contribution in [0.25, 0.3) is 0 Å². The molecule has 0 radical (unpaired) electrons. The van der Waals surface area contributed by atoms with E-state index in [4.69, 9.17) is 0 Å². The van der Waals surface area contributed by atoms with Gasteiger partial charge in [0.05, 0.1) is 12.8 Å². The van der Waals surface area contributed by atoms with Gasteiger partial charge >= 0.3 is 5.97 Å². The Morgan fingerprint density at radius 1 is 1.50 bits per heavy atom. The van der Waals surface area contributed by atoms with Gasteiger partial charge in [0.1, 0.15) is 16.0 Å². The average molecular weight is 243 g/mol. The zero-order valence-corrected chi connectivity index (χ0v) is 11.0. The Kier molecular flexibility index (Phi) is 3.70. The van der Waals surface area contributed by atoms with Crippen molar-refractivity contribution in [2.45, 2.75) is 33.8 Å². The highest BCUT2D eigenvalue weighted by Crippen LogP contribution is 2.35. The zero-order chi connectivity index (χ0) is 12.5. The largest absolute Gasteiger partial charge is 0.465 e. The molecule has 0 fully saturated rings. The number of esters is 1. The van der Waals surface area contributed by atoms with E-state index < -0.39 is 12.1 Å². The molecule has 4 nitrogen and oxygen atoms in total. The number of hydrogen-bond donors (Lipinski definition) is 1. The first-order valence-corrected chi connectivity index (χ1v) is 5.82. The molecule has 1 atom stereocenters. The zero-order valence-electron chi connectivity index (χ0n) is 10.2. The molecule has 0 spiro atoms. The highest BCUT2D eigenvalue weighted by Gasteiger charge is 2.28. The molecule has 0 amide bonds. The first-order chi connectivity index (χ1) is 7.27. The number of hydrogen-bond acceptors (Lipinski definition) is 5. The maximum atomic E-state index is 11.4. The molecule has 1 rings (SSSR count).